The van der Waals surface area contributed by atoms with Crippen LogP contribution in [0.5, 0.6) is 0 Å². The van der Waals surface area contributed by atoms with Crippen molar-refractivity contribution in [3.05, 3.63) is 66.4 Å². The van der Waals surface area contributed by atoms with E-state index in [0.717, 1.165) is 5.56 Å². The smallest absolute Gasteiger partial charge is 0.269 e. The lowest BCUT2D eigenvalue weighted by Crippen LogP contribution is -2.34. The third-order valence-corrected chi connectivity index (χ3v) is 3.42. The van der Waals surface area contributed by atoms with E-state index in [0.29, 0.717) is 30.0 Å². The third kappa shape index (κ3) is 4.25. The predicted octanol–water partition coefficient (Wildman–Crippen LogP) is 1.03. The van der Waals surface area contributed by atoms with Crippen LogP contribution < -0.4 is 10.6 Å². The van der Waals surface area contributed by atoms with Crippen molar-refractivity contribution in [2.45, 2.75) is 0 Å². The zero-order chi connectivity index (χ0) is 17.5. The van der Waals surface area contributed by atoms with Crippen molar-refractivity contribution in [3.63, 3.8) is 0 Å². The van der Waals surface area contributed by atoms with Gasteiger partial charge in [0, 0.05) is 43.4 Å². The number of hydrogen-bond donors (Lipinski definition) is 3. The summed E-state index contributed by atoms with van der Waals surface area (Å²) in [6.45, 7) is 0.610. The van der Waals surface area contributed by atoms with Gasteiger partial charge in [-0.25, -0.2) is 0 Å². The van der Waals surface area contributed by atoms with Crippen LogP contribution in [0.25, 0.3) is 11.3 Å². The molecule has 3 heterocycles. The zero-order valence-corrected chi connectivity index (χ0v) is 13.3. The quantitative estimate of drug-likeness (QED) is 0.582. The van der Waals surface area contributed by atoms with E-state index < -0.39 is 0 Å². The fourth-order valence-corrected chi connectivity index (χ4v) is 2.16. The molecule has 0 aromatic carbocycles. The van der Waals surface area contributed by atoms with Crippen LogP contribution in [-0.2, 0) is 0 Å². The van der Waals surface area contributed by atoms with E-state index in [-0.39, 0.29) is 11.8 Å². The van der Waals surface area contributed by atoms with Gasteiger partial charge in [0.2, 0.25) is 0 Å². The van der Waals surface area contributed by atoms with Gasteiger partial charge < -0.3 is 10.6 Å². The number of pyridine rings is 2. The van der Waals surface area contributed by atoms with Crippen molar-refractivity contribution < 1.29 is 9.59 Å². The minimum atomic E-state index is -0.288. The summed E-state index contributed by atoms with van der Waals surface area (Å²) >= 11 is 0. The summed E-state index contributed by atoms with van der Waals surface area (Å²) in [7, 11) is 0. The van der Waals surface area contributed by atoms with Gasteiger partial charge in [-0.15, -0.1) is 0 Å². The van der Waals surface area contributed by atoms with E-state index in [1.807, 2.05) is 12.1 Å². The number of hydrogen-bond acceptors (Lipinski definition) is 5. The van der Waals surface area contributed by atoms with Gasteiger partial charge in [-0.1, -0.05) is 0 Å². The molecule has 25 heavy (non-hydrogen) atoms. The van der Waals surface area contributed by atoms with Gasteiger partial charge in [-0.2, -0.15) is 5.10 Å². The first-order valence-electron chi connectivity index (χ1n) is 7.66. The fraction of sp³-hybridized carbons (Fsp3) is 0.118. The monoisotopic (exact) mass is 336 g/mol. The van der Waals surface area contributed by atoms with Crippen LogP contribution in [0, 0.1) is 0 Å². The molecule has 3 aromatic heterocycles. The van der Waals surface area contributed by atoms with Crippen molar-refractivity contribution in [2.24, 2.45) is 0 Å². The Morgan fingerprint density at radius 1 is 0.960 bits per heavy atom. The molecule has 0 aliphatic rings. The number of rotatable bonds is 6. The molecule has 126 valence electrons. The first kappa shape index (κ1) is 16.3. The molecule has 8 nitrogen and oxygen atoms in total. The van der Waals surface area contributed by atoms with E-state index >= 15 is 0 Å². The highest BCUT2D eigenvalue weighted by Crippen LogP contribution is 2.15. The van der Waals surface area contributed by atoms with Crippen molar-refractivity contribution in [3.8, 4) is 11.3 Å². The molecular formula is C17H16N6O2. The average Bonchev–Trinajstić information content (AvgIpc) is 3.16. The van der Waals surface area contributed by atoms with Crippen LogP contribution in [0.2, 0.25) is 0 Å². The number of nitrogens with zero attached hydrogens (tertiary/aromatic N) is 3. The summed E-state index contributed by atoms with van der Waals surface area (Å²) in [6, 6.07) is 8.65. The van der Waals surface area contributed by atoms with Crippen LogP contribution in [0.4, 0.5) is 0 Å². The fourth-order valence-electron chi connectivity index (χ4n) is 2.16. The molecule has 0 unspecified atom stereocenters. The molecule has 0 atom stereocenters. The highest BCUT2D eigenvalue weighted by Gasteiger charge is 2.11. The minimum Gasteiger partial charge on any atom is -0.350 e. The Morgan fingerprint density at radius 3 is 2.44 bits per heavy atom. The maximum Gasteiger partial charge on any atom is 0.269 e. The van der Waals surface area contributed by atoms with Gasteiger partial charge in [-0.05, 0) is 30.3 Å². The molecular weight excluding hydrogens is 320 g/mol. The number of aromatic nitrogens is 4. The summed E-state index contributed by atoms with van der Waals surface area (Å²) in [4.78, 5) is 31.7. The lowest BCUT2D eigenvalue weighted by Gasteiger charge is -2.06. The largest absolute Gasteiger partial charge is 0.350 e. The molecule has 0 fully saturated rings. The highest BCUT2D eigenvalue weighted by atomic mass is 16.2. The third-order valence-electron chi connectivity index (χ3n) is 3.42. The van der Waals surface area contributed by atoms with Crippen molar-refractivity contribution in [2.75, 3.05) is 13.1 Å². The first-order valence-corrected chi connectivity index (χ1v) is 7.66. The van der Waals surface area contributed by atoms with Gasteiger partial charge in [0.05, 0.1) is 11.3 Å². The molecule has 0 radical (unpaired) electrons. The van der Waals surface area contributed by atoms with Gasteiger partial charge in [0.1, 0.15) is 5.69 Å². The van der Waals surface area contributed by atoms with E-state index in [2.05, 4.69) is 30.8 Å². The maximum atomic E-state index is 12.1. The summed E-state index contributed by atoms with van der Waals surface area (Å²) in [5, 5.41) is 12.2. The Bertz CT molecular complexity index is 848. The van der Waals surface area contributed by atoms with E-state index in [1.54, 1.807) is 36.8 Å². The summed E-state index contributed by atoms with van der Waals surface area (Å²) in [6.07, 6.45) is 6.41. The number of H-pyrrole nitrogens is 1. The lowest BCUT2D eigenvalue weighted by atomic mass is 10.2. The number of carbonyl (C=O) groups is 2. The van der Waals surface area contributed by atoms with Gasteiger partial charge in [0.25, 0.3) is 11.8 Å². The zero-order valence-electron chi connectivity index (χ0n) is 13.3. The Morgan fingerprint density at radius 2 is 1.72 bits per heavy atom. The van der Waals surface area contributed by atoms with Gasteiger partial charge in [0.15, 0.2) is 0 Å². The lowest BCUT2D eigenvalue weighted by molar-refractivity contribution is 0.0925. The highest BCUT2D eigenvalue weighted by molar-refractivity contribution is 5.94. The average molecular weight is 336 g/mol. The Labute approximate surface area is 143 Å². The van der Waals surface area contributed by atoms with Crippen LogP contribution >= 0.6 is 0 Å². The van der Waals surface area contributed by atoms with E-state index in [9.17, 15) is 9.59 Å². The van der Waals surface area contributed by atoms with Gasteiger partial charge >= 0.3 is 0 Å². The number of amides is 2. The van der Waals surface area contributed by atoms with Crippen LogP contribution in [-0.4, -0.2) is 45.1 Å². The number of nitrogens with one attached hydrogen (secondary N) is 3. The molecule has 3 N–H and O–H groups in total. The second-order valence-corrected chi connectivity index (χ2v) is 5.16. The Hall–Kier alpha value is -3.55. The van der Waals surface area contributed by atoms with Crippen LogP contribution in [0.15, 0.2) is 55.1 Å². The van der Waals surface area contributed by atoms with Crippen LogP contribution in [0.1, 0.15) is 20.8 Å². The Balaban J connectivity index is 1.47. The number of carbonyl (C=O) groups excluding carboxylic acids is 2. The normalized spacial score (nSPS) is 10.2. The molecule has 0 saturated heterocycles. The maximum absolute atomic E-state index is 12.1. The van der Waals surface area contributed by atoms with Crippen molar-refractivity contribution >= 4 is 11.8 Å². The first-order chi connectivity index (χ1) is 12.2. The molecule has 0 aliphatic carbocycles. The topological polar surface area (TPSA) is 113 Å². The van der Waals surface area contributed by atoms with E-state index in [4.69, 9.17) is 0 Å². The Kier molecular flexibility index (Phi) is 5.10. The summed E-state index contributed by atoms with van der Waals surface area (Å²) < 4.78 is 0. The van der Waals surface area contributed by atoms with E-state index in [1.165, 1.54) is 6.20 Å². The molecule has 0 spiro atoms. The SMILES string of the molecule is O=C(NCCNC(=O)c1cc(-c2ccncc2)n[nH]1)c1cccnc1. The van der Waals surface area contributed by atoms with Crippen molar-refractivity contribution in [1.29, 1.82) is 0 Å². The van der Waals surface area contributed by atoms with Gasteiger partial charge in [-0.3, -0.25) is 24.7 Å². The second kappa shape index (κ2) is 7.82. The molecule has 3 rings (SSSR count). The summed E-state index contributed by atoms with van der Waals surface area (Å²) in [5.41, 5.74) is 2.36. The van der Waals surface area contributed by atoms with Crippen LogP contribution in [0.3, 0.4) is 0 Å². The summed E-state index contributed by atoms with van der Waals surface area (Å²) in [5.74, 6) is -0.521. The molecule has 0 aliphatic heterocycles. The molecule has 2 amide bonds. The molecule has 8 heteroatoms. The standard InChI is InChI=1S/C17H16N6O2/c24-16(13-2-1-5-19-11-13)20-8-9-21-17(25)15-10-14(22-23-15)12-3-6-18-7-4-12/h1-7,10-11H,8-9H2,(H,20,24)(H,21,25)(H,22,23). The minimum absolute atomic E-state index is 0.233. The molecule has 0 saturated carbocycles. The second-order valence-electron chi connectivity index (χ2n) is 5.16. The molecule has 0 bridgehead atoms. The molecule has 3 aromatic rings. The predicted molar refractivity (Wildman–Crippen MR) is 90.7 cm³/mol. The number of aromatic amines is 1. The van der Waals surface area contributed by atoms with Crippen molar-refractivity contribution in [1.82, 2.24) is 30.8 Å².